The molecule has 1 amide bonds. The summed E-state index contributed by atoms with van der Waals surface area (Å²) in [6, 6.07) is 9.91. The maximum absolute atomic E-state index is 13.4. The van der Waals surface area contributed by atoms with Crippen LogP contribution in [0.4, 0.5) is 14.5 Å². The smallest absolute Gasteiger partial charge is 0.232 e. The van der Waals surface area contributed by atoms with Crippen LogP contribution in [0.3, 0.4) is 0 Å². The molecule has 0 bridgehead atoms. The van der Waals surface area contributed by atoms with Crippen LogP contribution in [0, 0.1) is 11.6 Å². The predicted octanol–water partition coefficient (Wildman–Crippen LogP) is 2.71. The third-order valence-corrected chi connectivity index (χ3v) is 5.28. The number of carbonyl (C=O) groups is 1. The number of benzene rings is 2. The number of nitrogens with one attached hydrogen (secondary N) is 1. The van der Waals surface area contributed by atoms with E-state index in [1.54, 1.807) is 31.4 Å². The van der Waals surface area contributed by atoms with Gasteiger partial charge in [0.1, 0.15) is 18.1 Å². The molecule has 164 valence electrons. The van der Waals surface area contributed by atoms with Crippen molar-refractivity contribution in [1.82, 2.24) is 5.32 Å². The standard InChI is InChI=1S/C20H24F2N2O5S/c1-28-16-5-3-6-17(14-16)29-12-10-23-20(25)7-4-11-24(30(2,26)27)15-8-9-18(21)19(22)13-15/h3,5-6,8-9,13-14H,4,7,10-12H2,1-2H3,(H,23,25). The fourth-order valence-electron chi connectivity index (χ4n) is 2.65. The van der Waals surface area contributed by atoms with Gasteiger partial charge in [0.2, 0.25) is 15.9 Å². The summed E-state index contributed by atoms with van der Waals surface area (Å²) in [6.45, 7) is 0.482. The molecular formula is C20H24F2N2O5S. The van der Waals surface area contributed by atoms with E-state index in [1.807, 2.05) is 0 Å². The lowest BCUT2D eigenvalue weighted by Crippen LogP contribution is -2.33. The number of anilines is 1. The van der Waals surface area contributed by atoms with E-state index in [1.165, 1.54) is 6.07 Å². The zero-order valence-corrected chi connectivity index (χ0v) is 17.5. The van der Waals surface area contributed by atoms with Gasteiger partial charge < -0.3 is 14.8 Å². The van der Waals surface area contributed by atoms with Crippen LogP contribution in [0.25, 0.3) is 0 Å². The molecule has 10 heteroatoms. The molecule has 2 rings (SSSR count). The first-order valence-corrected chi connectivity index (χ1v) is 11.0. The van der Waals surface area contributed by atoms with E-state index in [-0.39, 0.29) is 44.1 Å². The van der Waals surface area contributed by atoms with Crippen molar-refractivity contribution in [3.63, 3.8) is 0 Å². The van der Waals surface area contributed by atoms with Crippen LogP contribution in [0.5, 0.6) is 11.5 Å². The quantitative estimate of drug-likeness (QED) is 0.541. The Morgan fingerprint density at radius 3 is 2.50 bits per heavy atom. The maximum atomic E-state index is 13.4. The van der Waals surface area contributed by atoms with Gasteiger partial charge in [0.15, 0.2) is 11.6 Å². The monoisotopic (exact) mass is 442 g/mol. The van der Waals surface area contributed by atoms with Gasteiger partial charge >= 0.3 is 0 Å². The van der Waals surface area contributed by atoms with Gasteiger partial charge in [0.05, 0.1) is 25.6 Å². The highest BCUT2D eigenvalue weighted by atomic mass is 32.2. The molecule has 0 atom stereocenters. The second kappa shape index (κ2) is 10.8. The molecule has 0 unspecified atom stereocenters. The third kappa shape index (κ3) is 7.18. The summed E-state index contributed by atoms with van der Waals surface area (Å²) in [6.07, 6.45) is 1.23. The Balaban J connectivity index is 1.77. The number of methoxy groups -OCH3 is 1. The number of ether oxygens (including phenoxy) is 2. The molecule has 0 saturated carbocycles. The van der Waals surface area contributed by atoms with Gasteiger partial charge in [-0.15, -0.1) is 0 Å². The highest BCUT2D eigenvalue weighted by Crippen LogP contribution is 2.21. The number of nitrogens with zero attached hydrogens (tertiary/aromatic N) is 1. The lowest BCUT2D eigenvalue weighted by atomic mass is 10.2. The summed E-state index contributed by atoms with van der Waals surface area (Å²) < 4.78 is 62.0. The zero-order valence-electron chi connectivity index (χ0n) is 16.7. The van der Waals surface area contributed by atoms with Crippen molar-refractivity contribution in [2.45, 2.75) is 12.8 Å². The highest BCUT2D eigenvalue weighted by molar-refractivity contribution is 7.92. The van der Waals surface area contributed by atoms with Crippen LogP contribution in [0.15, 0.2) is 42.5 Å². The Bertz CT molecular complexity index is 969. The number of hydrogen-bond donors (Lipinski definition) is 1. The molecule has 0 aliphatic heterocycles. The molecular weight excluding hydrogens is 418 g/mol. The van der Waals surface area contributed by atoms with Crippen LogP contribution >= 0.6 is 0 Å². The molecule has 0 fully saturated rings. The first-order chi connectivity index (χ1) is 14.2. The van der Waals surface area contributed by atoms with Crippen molar-refractivity contribution in [3.8, 4) is 11.5 Å². The molecule has 1 N–H and O–H groups in total. The number of halogens is 2. The van der Waals surface area contributed by atoms with E-state index in [4.69, 9.17) is 9.47 Å². The third-order valence-electron chi connectivity index (χ3n) is 4.09. The largest absolute Gasteiger partial charge is 0.497 e. The summed E-state index contributed by atoms with van der Waals surface area (Å²) in [7, 11) is -2.17. The molecule has 2 aromatic carbocycles. The zero-order chi connectivity index (χ0) is 22.1. The SMILES string of the molecule is COc1cccc(OCCNC(=O)CCCN(c2ccc(F)c(F)c2)S(C)(=O)=O)c1. The minimum absolute atomic E-state index is 0.00324. The lowest BCUT2D eigenvalue weighted by molar-refractivity contribution is -0.121. The van der Waals surface area contributed by atoms with Crippen molar-refractivity contribution in [2.75, 3.05) is 37.4 Å². The fraction of sp³-hybridized carbons (Fsp3) is 0.350. The summed E-state index contributed by atoms with van der Waals surface area (Å²) >= 11 is 0. The first kappa shape index (κ1) is 23.4. The van der Waals surface area contributed by atoms with Gasteiger partial charge in [-0.3, -0.25) is 9.10 Å². The van der Waals surface area contributed by atoms with Gasteiger partial charge in [-0.25, -0.2) is 17.2 Å². The molecule has 0 aliphatic carbocycles. The normalized spacial score (nSPS) is 11.1. The van der Waals surface area contributed by atoms with Crippen molar-refractivity contribution >= 4 is 21.6 Å². The molecule has 0 saturated heterocycles. The van der Waals surface area contributed by atoms with E-state index in [2.05, 4.69) is 5.32 Å². The van der Waals surface area contributed by atoms with Gasteiger partial charge in [-0.1, -0.05) is 6.07 Å². The minimum Gasteiger partial charge on any atom is -0.497 e. The summed E-state index contributed by atoms with van der Waals surface area (Å²) in [5, 5.41) is 2.68. The van der Waals surface area contributed by atoms with Crippen LogP contribution in [0.1, 0.15) is 12.8 Å². The number of hydrogen-bond acceptors (Lipinski definition) is 5. The fourth-order valence-corrected chi connectivity index (χ4v) is 3.61. The van der Waals surface area contributed by atoms with Crippen LogP contribution in [-0.2, 0) is 14.8 Å². The Labute approximate surface area is 174 Å². The van der Waals surface area contributed by atoms with Gasteiger partial charge in [0, 0.05) is 25.1 Å². The van der Waals surface area contributed by atoms with Crippen LogP contribution < -0.4 is 19.1 Å². The van der Waals surface area contributed by atoms with Gasteiger partial charge in [-0.05, 0) is 30.7 Å². The highest BCUT2D eigenvalue weighted by Gasteiger charge is 2.19. The van der Waals surface area contributed by atoms with Crippen LogP contribution in [0.2, 0.25) is 0 Å². The second-order valence-corrected chi connectivity index (χ2v) is 8.32. The number of carbonyl (C=O) groups excluding carboxylic acids is 1. The Morgan fingerprint density at radius 1 is 1.10 bits per heavy atom. The number of rotatable bonds is 11. The average molecular weight is 442 g/mol. The van der Waals surface area contributed by atoms with Crippen molar-refractivity contribution in [2.24, 2.45) is 0 Å². The van der Waals surface area contributed by atoms with E-state index >= 15 is 0 Å². The van der Waals surface area contributed by atoms with E-state index < -0.39 is 21.7 Å². The maximum Gasteiger partial charge on any atom is 0.232 e. The number of amides is 1. The van der Waals surface area contributed by atoms with Crippen molar-refractivity contribution in [1.29, 1.82) is 0 Å². The molecule has 0 heterocycles. The molecule has 30 heavy (non-hydrogen) atoms. The average Bonchev–Trinajstić information content (AvgIpc) is 2.70. The van der Waals surface area contributed by atoms with Crippen molar-refractivity contribution < 1.29 is 31.5 Å². The predicted molar refractivity (Wildman–Crippen MR) is 109 cm³/mol. The molecule has 0 aromatic heterocycles. The Kier molecular flexibility index (Phi) is 8.40. The van der Waals surface area contributed by atoms with E-state index in [9.17, 15) is 22.0 Å². The molecule has 0 spiro atoms. The molecule has 2 aromatic rings. The molecule has 7 nitrogen and oxygen atoms in total. The lowest BCUT2D eigenvalue weighted by Gasteiger charge is -2.22. The minimum atomic E-state index is -3.72. The topological polar surface area (TPSA) is 84.9 Å². The van der Waals surface area contributed by atoms with Gasteiger partial charge in [-0.2, -0.15) is 0 Å². The van der Waals surface area contributed by atoms with E-state index in [0.717, 1.165) is 22.7 Å². The summed E-state index contributed by atoms with van der Waals surface area (Å²) in [5.41, 5.74) is 0.00324. The molecule has 0 radical (unpaired) electrons. The Morgan fingerprint density at radius 2 is 1.83 bits per heavy atom. The van der Waals surface area contributed by atoms with Crippen LogP contribution in [-0.4, -0.2) is 47.4 Å². The number of sulfonamides is 1. The molecule has 0 aliphatic rings. The summed E-state index contributed by atoms with van der Waals surface area (Å²) in [5.74, 6) is -1.22. The van der Waals surface area contributed by atoms with Gasteiger partial charge in [0.25, 0.3) is 0 Å². The Hall–Kier alpha value is -2.88. The second-order valence-electron chi connectivity index (χ2n) is 6.41. The van der Waals surface area contributed by atoms with Crippen molar-refractivity contribution in [3.05, 3.63) is 54.1 Å². The first-order valence-electron chi connectivity index (χ1n) is 9.17. The van der Waals surface area contributed by atoms with E-state index in [0.29, 0.717) is 11.5 Å². The summed E-state index contributed by atoms with van der Waals surface area (Å²) in [4.78, 5) is 12.0.